The third-order valence-electron chi connectivity index (χ3n) is 5.47. The van der Waals surface area contributed by atoms with Gasteiger partial charge in [0.2, 0.25) is 11.8 Å². The average Bonchev–Trinajstić information content (AvgIpc) is 3.48. The Hall–Kier alpha value is -2.75. The molecule has 0 aromatic carbocycles. The largest absolute Gasteiger partial charge is 0.455 e. The van der Waals surface area contributed by atoms with Crippen LogP contribution in [0.5, 0.6) is 0 Å². The number of amides is 2. The van der Waals surface area contributed by atoms with E-state index in [1.165, 1.54) is 11.3 Å². The molecule has 1 aliphatic heterocycles. The third kappa shape index (κ3) is 6.63. The molecule has 1 aliphatic rings. The highest BCUT2D eigenvalue weighted by Crippen LogP contribution is 2.25. The Morgan fingerprint density at radius 3 is 2.58 bits per heavy atom. The summed E-state index contributed by atoms with van der Waals surface area (Å²) in [5, 5.41) is 10.0. The molecule has 0 aliphatic carbocycles. The topological polar surface area (TPSA) is 106 Å². The summed E-state index contributed by atoms with van der Waals surface area (Å²) < 4.78 is 11.0. The number of hydrogen-bond donors (Lipinski definition) is 0. The Labute approximate surface area is 198 Å². The predicted molar refractivity (Wildman–Crippen MR) is 123 cm³/mol. The lowest BCUT2D eigenvalue weighted by Gasteiger charge is -2.35. The van der Waals surface area contributed by atoms with Crippen LogP contribution >= 0.6 is 11.3 Å². The molecule has 1 fully saturated rings. The smallest absolute Gasteiger partial charge is 0.309 e. The molecule has 180 valence electrons. The maximum atomic E-state index is 12.7. The molecule has 33 heavy (non-hydrogen) atoms. The summed E-state index contributed by atoms with van der Waals surface area (Å²) in [4.78, 5) is 41.9. The lowest BCUT2D eigenvalue weighted by atomic mass is 9.91. The minimum absolute atomic E-state index is 0.0861. The third-order valence-corrected chi connectivity index (χ3v) is 6.32. The Balaban J connectivity index is 1.49. The van der Waals surface area contributed by atoms with Crippen LogP contribution in [0.4, 0.5) is 0 Å². The SMILES string of the molecule is CCCN(Cc1nnc(-c2cccs2)o1)C(=O)COC(=O)C1CCN(C(=O)C(C)(C)C)CC1. The van der Waals surface area contributed by atoms with Crippen molar-refractivity contribution in [2.75, 3.05) is 26.2 Å². The van der Waals surface area contributed by atoms with Gasteiger partial charge >= 0.3 is 5.97 Å². The van der Waals surface area contributed by atoms with Crippen molar-refractivity contribution in [3.8, 4) is 10.8 Å². The quantitative estimate of drug-likeness (QED) is 0.538. The number of aromatic nitrogens is 2. The van der Waals surface area contributed by atoms with Crippen molar-refractivity contribution in [1.29, 1.82) is 0 Å². The maximum Gasteiger partial charge on any atom is 0.309 e. The van der Waals surface area contributed by atoms with E-state index in [0.717, 1.165) is 11.3 Å². The second kappa shape index (κ2) is 10.9. The van der Waals surface area contributed by atoms with Gasteiger partial charge in [0.05, 0.1) is 17.3 Å². The van der Waals surface area contributed by atoms with E-state index in [9.17, 15) is 14.4 Å². The second-order valence-electron chi connectivity index (χ2n) is 9.22. The highest BCUT2D eigenvalue weighted by atomic mass is 32.1. The summed E-state index contributed by atoms with van der Waals surface area (Å²) in [6.07, 6.45) is 1.83. The first-order valence-corrected chi connectivity index (χ1v) is 12.2. The number of thiophene rings is 1. The molecule has 1 saturated heterocycles. The van der Waals surface area contributed by atoms with Crippen molar-refractivity contribution < 1.29 is 23.5 Å². The maximum absolute atomic E-state index is 12.7. The van der Waals surface area contributed by atoms with E-state index in [0.29, 0.717) is 44.3 Å². The molecule has 3 heterocycles. The Bertz CT molecular complexity index is 942. The number of carbonyl (C=O) groups excluding carboxylic acids is 3. The number of rotatable bonds is 8. The molecule has 0 unspecified atom stereocenters. The van der Waals surface area contributed by atoms with Crippen molar-refractivity contribution in [2.24, 2.45) is 11.3 Å². The van der Waals surface area contributed by atoms with Crippen molar-refractivity contribution in [2.45, 2.75) is 53.5 Å². The zero-order valence-corrected chi connectivity index (χ0v) is 20.5. The van der Waals surface area contributed by atoms with Crippen LogP contribution < -0.4 is 0 Å². The summed E-state index contributed by atoms with van der Waals surface area (Å²) in [6, 6.07) is 3.79. The van der Waals surface area contributed by atoms with Gasteiger partial charge in [-0.3, -0.25) is 14.4 Å². The number of hydrogen-bond acceptors (Lipinski definition) is 8. The molecule has 10 heteroatoms. The molecule has 2 amide bonds. The van der Waals surface area contributed by atoms with Gasteiger partial charge in [0.25, 0.3) is 11.8 Å². The molecule has 2 aromatic heterocycles. The summed E-state index contributed by atoms with van der Waals surface area (Å²) in [5.74, 6) is -0.149. The number of nitrogens with zero attached hydrogens (tertiary/aromatic N) is 4. The van der Waals surface area contributed by atoms with E-state index in [1.807, 2.05) is 45.2 Å². The molecule has 0 N–H and O–H groups in total. The Morgan fingerprint density at radius 2 is 1.97 bits per heavy atom. The fraction of sp³-hybridized carbons (Fsp3) is 0.609. The fourth-order valence-electron chi connectivity index (χ4n) is 3.68. The molecule has 0 atom stereocenters. The Kier molecular flexibility index (Phi) is 8.23. The summed E-state index contributed by atoms with van der Waals surface area (Å²) >= 11 is 1.50. The number of esters is 1. The first-order valence-electron chi connectivity index (χ1n) is 11.3. The van der Waals surface area contributed by atoms with Crippen LogP contribution in [0.15, 0.2) is 21.9 Å². The highest BCUT2D eigenvalue weighted by molar-refractivity contribution is 7.13. The molecule has 2 aromatic rings. The van der Waals surface area contributed by atoms with Crippen molar-refractivity contribution in [3.05, 3.63) is 23.4 Å². The summed E-state index contributed by atoms with van der Waals surface area (Å²) in [6.45, 7) is 9.00. The van der Waals surface area contributed by atoms with Crippen LogP contribution in [0, 0.1) is 11.3 Å². The highest BCUT2D eigenvalue weighted by Gasteiger charge is 2.33. The fourth-order valence-corrected chi connectivity index (χ4v) is 4.32. The number of carbonyl (C=O) groups is 3. The van der Waals surface area contributed by atoms with Gasteiger partial charge in [-0.25, -0.2) is 0 Å². The van der Waals surface area contributed by atoms with Crippen LogP contribution in [0.2, 0.25) is 0 Å². The van der Waals surface area contributed by atoms with Gasteiger partial charge in [0.15, 0.2) is 6.61 Å². The predicted octanol–water partition coefficient (Wildman–Crippen LogP) is 3.36. The van der Waals surface area contributed by atoms with Crippen LogP contribution in [-0.2, 0) is 25.7 Å². The summed E-state index contributed by atoms with van der Waals surface area (Å²) in [7, 11) is 0. The summed E-state index contributed by atoms with van der Waals surface area (Å²) in [5.41, 5.74) is -0.439. The van der Waals surface area contributed by atoms with Gasteiger partial charge in [-0.2, -0.15) is 0 Å². The number of likely N-dealkylation sites (tertiary alicyclic amines) is 1. The first kappa shape index (κ1) is 24.9. The van der Waals surface area contributed by atoms with Gasteiger partial charge in [-0.1, -0.05) is 33.8 Å². The van der Waals surface area contributed by atoms with Crippen molar-refractivity contribution in [3.63, 3.8) is 0 Å². The van der Waals surface area contributed by atoms with Gasteiger partial charge in [-0.15, -0.1) is 21.5 Å². The molecule has 0 bridgehead atoms. The van der Waals surface area contributed by atoms with E-state index in [2.05, 4.69) is 10.2 Å². The molecule has 0 saturated carbocycles. The monoisotopic (exact) mass is 476 g/mol. The van der Waals surface area contributed by atoms with Crippen LogP contribution in [-0.4, -0.2) is 64.0 Å². The van der Waals surface area contributed by atoms with Gasteiger partial charge in [-0.05, 0) is 30.7 Å². The normalized spacial score (nSPS) is 14.8. The molecular formula is C23H32N4O5S. The first-order chi connectivity index (χ1) is 15.7. The zero-order chi connectivity index (χ0) is 24.0. The second-order valence-corrected chi connectivity index (χ2v) is 10.2. The number of ether oxygens (including phenoxy) is 1. The molecule has 0 spiro atoms. The van der Waals surface area contributed by atoms with E-state index >= 15 is 0 Å². The van der Waals surface area contributed by atoms with Crippen LogP contribution in [0.3, 0.4) is 0 Å². The lowest BCUT2D eigenvalue weighted by molar-refractivity contribution is -0.158. The average molecular weight is 477 g/mol. The molecule has 3 rings (SSSR count). The van der Waals surface area contributed by atoms with E-state index in [1.54, 1.807) is 9.80 Å². The van der Waals surface area contributed by atoms with Crippen LogP contribution in [0.1, 0.15) is 52.8 Å². The van der Waals surface area contributed by atoms with E-state index in [-0.39, 0.29) is 36.9 Å². The van der Waals surface area contributed by atoms with Crippen LogP contribution in [0.25, 0.3) is 10.8 Å². The van der Waals surface area contributed by atoms with Crippen molar-refractivity contribution in [1.82, 2.24) is 20.0 Å². The standard InChI is InChI=1S/C23H32N4O5S/c1-5-10-27(14-18-24-25-20(32-18)17-7-6-13-33-17)19(28)15-31-21(29)16-8-11-26(12-9-16)22(30)23(2,3)4/h6-7,13,16H,5,8-12,14-15H2,1-4H3. The van der Waals surface area contributed by atoms with Gasteiger partial charge in [0.1, 0.15) is 0 Å². The number of piperidine rings is 1. The van der Waals surface area contributed by atoms with E-state index in [4.69, 9.17) is 9.15 Å². The molecule has 9 nitrogen and oxygen atoms in total. The lowest BCUT2D eigenvalue weighted by Crippen LogP contribution is -2.45. The molecular weight excluding hydrogens is 444 g/mol. The zero-order valence-electron chi connectivity index (χ0n) is 19.7. The van der Waals surface area contributed by atoms with Gasteiger partial charge in [0, 0.05) is 25.0 Å². The van der Waals surface area contributed by atoms with Crippen molar-refractivity contribution >= 4 is 29.1 Å². The Morgan fingerprint density at radius 1 is 1.24 bits per heavy atom. The molecule has 0 radical (unpaired) electrons. The van der Waals surface area contributed by atoms with Gasteiger partial charge < -0.3 is 19.0 Å². The minimum atomic E-state index is -0.439. The minimum Gasteiger partial charge on any atom is -0.455 e. The van der Waals surface area contributed by atoms with E-state index < -0.39 is 5.41 Å².